The number of fused-ring (bicyclic) bond motifs is 8. The van der Waals surface area contributed by atoms with E-state index in [1.54, 1.807) is 0 Å². The van der Waals surface area contributed by atoms with Gasteiger partial charge in [0.15, 0.2) is 0 Å². The fourth-order valence-electron chi connectivity index (χ4n) is 7.43. The molecule has 0 saturated heterocycles. The number of anilines is 3. The second kappa shape index (κ2) is 11.2. The Hall–Kier alpha value is -6.16. The zero-order valence-electron chi connectivity index (χ0n) is 26.5. The molecule has 3 heteroatoms. The summed E-state index contributed by atoms with van der Waals surface area (Å²) in [7, 11) is 0. The largest absolute Gasteiger partial charge is 0.455 e. The molecular weight excluding hydrogens is 615 g/mol. The van der Waals surface area contributed by atoms with Gasteiger partial charge in [0.2, 0.25) is 0 Å². The van der Waals surface area contributed by atoms with E-state index in [9.17, 15) is 0 Å². The Morgan fingerprint density at radius 1 is 0.429 bits per heavy atom. The van der Waals surface area contributed by atoms with Gasteiger partial charge in [-0.25, -0.2) is 0 Å². The molecule has 10 rings (SSSR count). The van der Waals surface area contributed by atoms with Gasteiger partial charge in [-0.1, -0.05) is 133 Å². The molecule has 0 atom stereocenters. The van der Waals surface area contributed by atoms with Crippen LogP contribution in [0.15, 0.2) is 180 Å². The smallest absolute Gasteiger partial charge is 0.143 e. The summed E-state index contributed by atoms with van der Waals surface area (Å²) in [5, 5.41) is 7.19. The van der Waals surface area contributed by atoms with E-state index in [0.717, 1.165) is 44.3 Å². The molecule has 0 aliphatic heterocycles. The summed E-state index contributed by atoms with van der Waals surface area (Å²) in [5.74, 6) is 0. The minimum atomic E-state index is 0.905. The first-order valence-electron chi connectivity index (χ1n) is 16.6. The first kappa shape index (κ1) is 27.9. The number of furan rings is 1. The monoisotopic (exact) mass is 643 g/mol. The third-order valence-electron chi connectivity index (χ3n) is 9.68. The van der Waals surface area contributed by atoms with Crippen LogP contribution >= 0.6 is 11.3 Å². The van der Waals surface area contributed by atoms with Crippen LogP contribution < -0.4 is 4.90 Å². The van der Waals surface area contributed by atoms with E-state index in [1.807, 2.05) is 11.3 Å². The summed E-state index contributed by atoms with van der Waals surface area (Å²) in [6.45, 7) is 0. The molecule has 8 aromatic carbocycles. The summed E-state index contributed by atoms with van der Waals surface area (Å²) >= 11 is 1.86. The molecule has 10 aromatic rings. The Labute approximate surface area is 287 Å². The van der Waals surface area contributed by atoms with Crippen molar-refractivity contribution < 1.29 is 4.42 Å². The molecule has 0 radical (unpaired) electrons. The molecule has 0 amide bonds. The van der Waals surface area contributed by atoms with Crippen LogP contribution in [-0.2, 0) is 0 Å². The van der Waals surface area contributed by atoms with Crippen molar-refractivity contribution in [3.63, 3.8) is 0 Å². The SMILES string of the molecule is c1ccc(-c2ccccc2N(c2ccc(-c3cccc4oc5c6ccccc6ccc5c34)cc2)c2cccc3c2sc2ccccc23)cc1. The van der Waals surface area contributed by atoms with E-state index in [1.165, 1.54) is 47.9 Å². The van der Waals surface area contributed by atoms with Gasteiger partial charge < -0.3 is 9.32 Å². The Balaban J connectivity index is 1.17. The van der Waals surface area contributed by atoms with Crippen LogP contribution in [0.5, 0.6) is 0 Å². The van der Waals surface area contributed by atoms with Crippen molar-refractivity contribution in [1.82, 2.24) is 0 Å². The molecular formula is C46H29NOS. The van der Waals surface area contributed by atoms with Crippen molar-refractivity contribution in [3.05, 3.63) is 176 Å². The number of thiophene rings is 1. The van der Waals surface area contributed by atoms with Gasteiger partial charge in [0.25, 0.3) is 0 Å². The molecule has 0 N–H and O–H groups in total. The lowest BCUT2D eigenvalue weighted by atomic mass is 9.97. The van der Waals surface area contributed by atoms with E-state index < -0.39 is 0 Å². The number of hydrogen-bond donors (Lipinski definition) is 0. The van der Waals surface area contributed by atoms with Crippen LogP contribution in [0.25, 0.3) is 75.1 Å². The predicted octanol–water partition coefficient (Wildman–Crippen LogP) is 13.9. The highest BCUT2D eigenvalue weighted by molar-refractivity contribution is 7.26. The second-order valence-corrected chi connectivity index (χ2v) is 13.5. The fourth-order valence-corrected chi connectivity index (χ4v) is 8.64. The number of para-hydroxylation sites is 1. The Kier molecular flexibility index (Phi) is 6.39. The predicted molar refractivity (Wildman–Crippen MR) is 210 cm³/mol. The van der Waals surface area contributed by atoms with E-state index in [-0.39, 0.29) is 0 Å². The molecule has 0 fully saturated rings. The van der Waals surface area contributed by atoms with Crippen molar-refractivity contribution in [2.75, 3.05) is 4.90 Å². The summed E-state index contributed by atoms with van der Waals surface area (Å²) in [4.78, 5) is 2.43. The topological polar surface area (TPSA) is 16.4 Å². The van der Waals surface area contributed by atoms with Crippen LogP contribution in [0.3, 0.4) is 0 Å². The van der Waals surface area contributed by atoms with Gasteiger partial charge in [-0.2, -0.15) is 0 Å². The Bertz CT molecular complexity index is 2830. The standard InChI is InChI=1S/C46H29NOS/c1-2-12-30(13-3-1)34-15-6-8-20-40(34)47(41-21-10-19-38-37-17-7-9-23-43(37)49-46(38)41)33-27-24-32(25-28-33)35-18-11-22-42-44(35)39-29-26-31-14-4-5-16-36(31)45(39)48-42/h1-29H. The lowest BCUT2D eigenvalue weighted by Gasteiger charge is -2.28. The van der Waals surface area contributed by atoms with Crippen LogP contribution in [-0.4, -0.2) is 0 Å². The van der Waals surface area contributed by atoms with Crippen LogP contribution in [0, 0.1) is 0 Å². The molecule has 2 nitrogen and oxygen atoms in total. The van der Waals surface area contributed by atoms with E-state index in [0.29, 0.717) is 0 Å². The third-order valence-corrected chi connectivity index (χ3v) is 10.9. The molecule has 0 unspecified atom stereocenters. The van der Waals surface area contributed by atoms with Crippen LogP contribution in [0.2, 0.25) is 0 Å². The van der Waals surface area contributed by atoms with Gasteiger partial charge >= 0.3 is 0 Å². The minimum absolute atomic E-state index is 0.905. The zero-order chi connectivity index (χ0) is 32.3. The highest BCUT2D eigenvalue weighted by Gasteiger charge is 2.21. The second-order valence-electron chi connectivity index (χ2n) is 12.5. The van der Waals surface area contributed by atoms with Crippen molar-refractivity contribution >= 4 is 81.3 Å². The first-order chi connectivity index (χ1) is 24.3. The van der Waals surface area contributed by atoms with Gasteiger partial charge in [-0.05, 0) is 64.5 Å². The van der Waals surface area contributed by atoms with Crippen LogP contribution in [0.4, 0.5) is 17.1 Å². The van der Waals surface area contributed by atoms with Crippen molar-refractivity contribution in [1.29, 1.82) is 0 Å². The average Bonchev–Trinajstić information content (AvgIpc) is 3.75. The highest BCUT2D eigenvalue weighted by Crippen LogP contribution is 2.47. The summed E-state index contributed by atoms with van der Waals surface area (Å²) < 4.78 is 9.09. The van der Waals surface area contributed by atoms with E-state index >= 15 is 0 Å². The highest BCUT2D eigenvalue weighted by atomic mass is 32.1. The number of nitrogens with zero attached hydrogens (tertiary/aromatic N) is 1. The molecule has 0 aliphatic carbocycles. The van der Waals surface area contributed by atoms with Gasteiger partial charge in [0.1, 0.15) is 11.2 Å². The maximum atomic E-state index is 6.52. The summed E-state index contributed by atoms with van der Waals surface area (Å²) in [6.07, 6.45) is 0. The summed E-state index contributed by atoms with van der Waals surface area (Å²) in [6, 6.07) is 63.1. The molecule has 49 heavy (non-hydrogen) atoms. The quantitative estimate of drug-likeness (QED) is 0.186. The minimum Gasteiger partial charge on any atom is -0.455 e. The molecule has 2 heterocycles. The maximum absolute atomic E-state index is 6.52. The normalized spacial score (nSPS) is 11.7. The van der Waals surface area contributed by atoms with Crippen molar-refractivity contribution in [2.24, 2.45) is 0 Å². The zero-order valence-corrected chi connectivity index (χ0v) is 27.3. The fraction of sp³-hybridized carbons (Fsp3) is 0. The van der Waals surface area contributed by atoms with E-state index in [4.69, 9.17) is 4.42 Å². The van der Waals surface area contributed by atoms with Gasteiger partial charge in [-0.15, -0.1) is 11.3 Å². The average molecular weight is 644 g/mol. The van der Waals surface area contributed by atoms with Crippen molar-refractivity contribution in [2.45, 2.75) is 0 Å². The van der Waals surface area contributed by atoms with Gasteiger partial charge in [0.05, 0.1) is 16.1 Å². The van der Waals surface area contributed by atoms with E-state index in [2.05, 4.69) is 181 Å². The lowest BCUT2D eigenvalue weighted by Crippen LogP contribution is -2.11. The molecule has 0 saturated carbocycles. The molecule has 2 aromatic heterocycles. The van der Waals surface area contributed by atoms with Crippen molar-refractivity contribution in [3.8, 4) is 22.3 Å². The molecule has 0 spiro atoms. The van der Waals surface area contributed by atoms with Crippen LogP contribution in [0.1, 0.15) is 0 Å². The molecule has 0 aliphatic rings. The Morgan fingerprint density at radius 2 is 1.10 bits per heavy atom. The van der Waals surface area contributed by atoms with Gasteiger partial charge in [0, 0.05) is 42.9 Å². The Morgan fingerprint density at radius 3 is 2.00 bits per heavy atom. The summed E-state index contributed by atoms with van der Waals surface area (Å²) in [5.41, 5.74) is 9.96. The number of benzene rings is 8. The lowest BCUT2D eigenvalue weighted by molar-refractivity contribution is 0.673. The van der Waals surface area contributed by atoms with Gasteiger partial charge in [-0.3, -0.25) is 0 Å². The third kappa shape index (κ3) is 4.47. The number of rotatable bonds is 5. The number of hydrogen-bond acceptors (Lipinski definition) is 3. The molecule has 0 bridgehead atoms. The first-order valence-corrected chi connectivity index (χ1v) is 17.4. The maximum Gasteiger partial charge on any atom is 0.143 e. The molecule has 230 valence electrons.